The summed E-state index contributed by atoms with van der Waals surface area (Å²) >= 11 is 0. The maximum Gasteiger partial charge on any atom is 0.407 e. The number of benzene rings is 3. The standard InChI is InChI=1S/C31H35N3O6/c1-20(39-18-21-11-5-4-6-12-21)28(30(36)37)33-29(35)27(17-34(2)3)32-31(38)40-19-26-24-15-9-7-13-22(24)23-14-8-10-16-25(23)26/h4-16,20,26-28H,17-19H2,1-3H3,(H,32,38)(H,33,35)(H,36,37)/t20-,27?,28+/m0/s1. The maximum absolute atomic E-state index is 13.2. The van der Waals surface area contributed by atoms with Crippen LogP contribution in [0.15, 0.2) is 78.9 Å². The van der Waals surface area contributed by atoms with Gasteiger partial charge in [-0.15, -0.1) is 0 Å². The molecule has 1 aliphatic rings. The summed E-state index contributed by atoms with van der Waals surface area (Å²) < 4.78 is 11.3. The first kappa shape index (κ1) is 28.8. The number of likely N-dealkylation sites (N-methyl/N-ethyl adjacent to an activating group) is 1. The second-order valence-corrected chi connectivity index (χ2v) is 10.1. The number of fused-ring (bicyclic) bond motifs is 3. The maximum atomic E-state index is 13.2. The monoisotopic (exact) mass is 545 g/mol. The molecule has 9 nitrogen and oxygen atoms in total. The van der Waals surface area contributed by atoms with Crippen molar-refractivity contribution in [2.75, 3.05) is 27.2 Å². The van der Waals surface area contributed by atoms with Gasteiger partial charge in [-0.25, -0.2) is 9.59 Å². The van der Waals surface area contributed by atoms with Gasteiger partial charge in [0.05, 0.1) is 12.7 Å². The Bertz CT molecular complexity index is 1280. The van der Waals surface area contributed by atoms with Crippen LogP contribution in [0.4, 0.5) is 4.79 Å². The normalized spacial score (nSPS) is 14.5. The third-order valence-corrected chi connectivity index (χ3v) is 6.89. The van der Waals surface area contributed by atoms with Gasteiger partial charge in [-0.05, 0) is 48.8 Å². The van der Waals surface area contributed by atoms with Crippen LogP contribution in [-0.4, -0.2) is 73.4 Å². The van der Waals surface area contributed by atoms with Crippen LogP contribution < -0.4 is 10.6 Å². The van der Waals surface area contributed by atoms with Gasteiger partial charge in [0.25, 0.3) is 0 Å². The molecule has 0 aliphatic heterocycles. The van der Waals surface area contributed by atoms with E-state index in [2.05, 4.69) is 22.8 Å². The Hall–Kier alpha value is -4.21. The topological polar surface area (TPSA) is 117 Å². The lowest BCUT2D eigenvalue weighted by atomic mass is 9.98. The predicted octanol–water partition coefficient (Wildman–Crippen LogP) is 3.63. The predicted molar refractivity (Wildman–Crippen MR) is 151 cm³/mol. The van der Waals surface area contributed by atoms with Gasteiger partial charge in [0.2, 0.25) is 5.91 Å². The van der Waals surface area contributed by atoms with Crippen LogP contribution in [0.1, 0.15) is 29.5 Å². The minimum Gasteiger partial charge on any atom is -0.480 e. The van der Waals surface area contributed by atoms with Gasteiger partial charge in [0.1, 0.15) is 12.6 Å². The van der Waals surface area contributed by atoms with E-state index in [-0.39, 0.29) is 25.7 Å². The van der Waals surface area contributed by atoms with Crippen LogP contribution >= 0.6 is 0 Å². The molecule has 1 unspecified atom stereocenters. The number of rotatable bonds is 12. The summed E-state index contributed by atoms with van der Waals surface area (Å²) in [6.07, 6.45) is -1.58. The van der Waals surface area contributed by atoms with E-state index in [4.69, 9.17) is 9.47 Å². The van der Waals surface area contributed by atoms with Gasteiger partial charge in [0, 0.05) is 12.5 Å². The average Bonchev–Trinajstić information content (AvgIpc) is 3.26. The summed E-state index contributed by atoms with van der Waals surface area (Å²) in [5.74, 6) is -2.01. The van der Waals surface area contributed by atoms with Crippen molar-refractivity contribution in [3.8, 4) is 11.1 Å². The van der Waals surface area contributed by atoms with E-state index in [0.717, 1.165) is 27.8 Å². The Labute approximate surface area is 234 Å². The van der Waals surface area contributed by atoms with E-state index in [1.807, 2.05) is 66.7 Å². The van der Waals surface area contributed by atoms with E-state index < -0.39 is 36.2 Å². The molecule has 2 amide bonds. The van der Waals surface area contributed by atoms with Crippen LogP contribution in [0.5, 0.6) is 0 Å². The number of carbonyl (C=O) groups is 3. The minimum atomic E-state index is -1.31. The summed E-state index contributed by atoms with van der Waals surface area (Å²) in [7, 11) is 3.50. The Balaban J connectivity index is 1.38. The number of nitrogens with one attached hydrogen (secondary N) is 2. The fourth-order valence-electron chi connectivity index (χ4n) is 4.87. The quantitative estimate of drug-likeness (QED) is 0.318. The fourth-order valence-corrected chi connectivity index (χ4v) is 4.87. The lowest BCUT2D eigenvalue weighted by Gasteiger charge is -2.26. The number of carbonyl (C=O) groups excluding carboxylic acids is 2. The van der Waals surface area contributed by atoms with Crippen molar-refractivity contribution < 1.29 is 29.0 Å². The third-order valence-electron chi connectivity index (χ3n) is 6.89. The molecule has 3 atom stereocenters. The first-order valence-electron chi connectivity index (χ1n) is 13.2. The van der Waals surface area contributed by atoms with Gasteiger partial charge in [-0.2, -0.15) is 0 Å². The average molecular weight is 546 g/mol. The summed E-state index contributed by atoms with van der Waals surface area (Å²) in [6, 6.07) is 23.0. The van der Waals surface area contributed by atoms with Crippen molar-refractivity contribution in [2.24, 2.45) is 0 Å². The van der Waals surface area contributed by atoms with E-state index in [0.29, 0.717) is 0 Å². The molecule has 0 radical (unpaired) electrons. The van der Waals surface area contributed by atoms with Gasteiger partial charge in [-0.1, -0.05) is 78.9 Å². The summed E-state index contributed by atoms with van der Waals surface area (Å²) in [5, 5.41) is 14.9. The Morgan fingerprint density at radius 2 is 1.45 bits per heavy atom. The number of alkyl carbamates (subject to hydrolysis) is 1. The number of nitrogens with zero attached hydrogens (tertiary/aromatic N) is 1. The van der Waals surface area contributed by atoms with Crippen LogP contribution in [0.3, 0.4) is 0 Å². The molecule has 3 aromatic rings. The molecule has 0 heterocycles. The molecule has 0 fully saturated rings. The molecule has 210 valence electrons. The Morgan fingerprint density at radius 1 is 0.875 bits per heavy atom. The van der Waals surface area contributed by atoms with Gasteiger partial charge >= 0.3 is 12.1 Å². The zero-order valence-electron chi connectivity index (χ0n) is 22.9. The first-order valence-corrected chi connectivity index (χ1v) is 13.2. The van der Waals surface area contributed by atoms with Crippen molar-refractivity contribution in [1.82, 2.24) is 15.5 Å². The zero-order valence-corrected chi connectivity index (χ0v) is 22.9. The van der Waals surface area contributed by atoms with E-state index >= 15 is 0 Å². The molecule has 9 heteroatoms. The lowest BCUT2D eigenvalue weighted by Crippen LogP contribution is -2.57. The molecule has 0 saturated heterocycles. The van der Waals surface area contributed by atoms with Gasteiger partial charge in [-0.3, -0.25) is 4.79 Å². The highest BCUT2D eigenvalue weighted by Crippen LogP contribution is 2.44. The highest BCUT2D eigenvalue weighted by molar-refractivity contribution is 5.89. The highest BCUT2D eigenvalue weighted by atomic mass is 16.5. The molecule has 4 rings (SSSR count). The number of hydrogen-bond donors (Lipinski definition) is 3. The summed E-state index contributed by atoms with van der Waals surface area (Å²) in [5.41, 5.74) is 5.26. The number of hydrogen-bond acceptors (Lipinski definition) is 6. The molecule has 40 heavy (non-hydrogen) atoms. The van der Waals surface area contributed by atoms with Crippen molar-refractivity contribution in [2.45, 2.75) is 37.6 Å². The van der Waals surface area contributed by atoms with Crippen LogP contribution in [0.2, 0.25) is 0 Å². The smallest absolute Gasteiger partial charge is 0.407 e. The molecule has 0 spiro atoms. The van der Waals surface area contributed by atoms with Crippen LogP contribution in [0, 0.1) is 0 Å². The number of amides is 2. The van der Waals surface area contributed by atoms with Crippen LogP contribution in [0.25, 0.3) is 11.1 Å². The third kappa shape index (κ3) is 7.05. The fraction of sp³-hybridized carbons (Fsp3) is 0.323. The highest BCUT2D eigenvalue weighted by Gasteiger charge is 2.33. The number of carboxylic acid groups (broad SMARTS) is 1. The molecular weight excluding hydrogens is 510 g/mol. The van der Waals surface area contributed by atoms with Crippen LogP contribution in [-0.2, 0) is 25.7 Å². The second kappa shape index (κ2) is 13.2. The molecule has 3 N–H and O–H groups in total. The Kier molecular flexibility index (Phi) is 9.52. The minimum absolute atomic E-state index is 0.0955. The molecule has 0 bridgehead atoms. The van der Waals surface area contributed by atoms with Crippen molar-refractivity contribution >= 4 is 18.0 Å². The number of aliphatic carboxylic acids is 1. The molecule has 0 saturated carbocycles. The second-order valence-electron chi connectivity index (χ2n) is 10.1. The van der Waals surface area contributed by atoms with Crippen molar-refractivity contribution in [1.29, 1.82) is 0 Å². The van der Waals surface area contributed by atoms with E-state index in [9.17, 15) is 19.5 Å². The summed E-state index contributed by atoms with van der Waals surface area (Å²) in [6.45, 7) is 2.02. The van der Waals surface area contributed by atoms with E-state index in [1.165, 1.54) is 0 Å². The largest absolute Gasteiger partial charge is 0.480 e. The van der Waals surface area contributed by atoms with Gasteiger partial charge in [0.15, 0.2) is 6.04 Å². The molecular formula is C31H35N3O6. The molecule has 0 aromatic heterocycles. The SMILES string of the molecule is C[C@H](OCc1ccccc1)[C@@H](NC(=O)C(CN(C)C)NC(=O)OCC1c2ccccc2-c2ccccc21)C(=O)O. The van der Waals surface area contributed by atoms with Gasteiger partial charge < -0.3 is 30.1 Å². The molecule has 3 aromatic carbocycles. The van der Waals surface area contributed by atoms with E-state index in [1.54, 1.807) is 25.9 Å². The number of carboxylic acids is 1. The zero-order chi connectivity index (χ0) is 28.6. The Morgan fingerprint density at radius 3 is 2.02 bits per heavy atom. The van der Waals surface area contributed by atoms with Crippen molar-refractivity contribution in [3.05, 3.63) is 95.6 Å². The number of ether oxygens (including phenoxy) is 2. The summed E-state index contributed by atoms with van der Waals surface area (Å²) in [4.78, 5) is 39.7. The first-order chi connectivity index (χ1) is 19.2. The lowest BCUT2D eigenvalue weighted by molar-refractivity contribution is -0.146. The van der Waals surface area contributed by atoms with Crippen molar-refractivity contribution in [3.63, 3.8) is 0 Å². The molecule has 1 aliphatic carbocycles.